The van der Waals surface area contributed by atoms with Gasteiger partial charge in [0.15, 0.2) is 0 Å². The van der Waals surface area contributed by atoms with E-state index in [1.165, 1.54) is 10.9 Å². The number of nitro groups is 1. The molecule has 1 aliphatic rings. The molecule has 25 heavy (non-hydrogen) atoms. The van der Waals surface area contributed by atoms with Gasteiger partial charge in [0.25, 0.3) is 5.69 Å². The molecule has 128 valence electrons. The van der Waals surface area contributed by atoms with Crippen molar-refractivity contribution in [2.75, 3.05) is 19.0 Å². The third-order valence-electron chi connectivity index (χ3n) is 4.27. The lowest BCUT2D eigenvalue weighted by Gasteiger charge is -2.12. The third kappa shape index (κ3) is 3.39. The number of benzene rings is 1. The molecule has 0 atom stereocenters. The van der Waals surface area contributed by atoms with Crippen molar-refractivity contribution < 1.29 is 4.92 Å². The van der Waals surface area contributed by atoms with Gasteiger partial charge in [-0.15, -0.1) is 11.3 Å². The maximum absolute atomic E-state index is 11.3. The van der Waals surface area contributed by atoms with Crippen molar-refractivity contribution in [2.45, 2.75) is 25.7 Å². The molecular formula is C18H18N4O2S. The largest absolute Gasteiger partial charge is 0.372 e. The number of hydrogen-bond acceptors (Lipinski definition) is 6. The molecule has 0 unspecified atom stereocenters. The Morgan fingerprint density at radius 3 is 2.80 bits per heavy atom. The number of rotatable bonds is 4. The van der Waals surface area contributed by atoms with Crippen LogP contribution in [-0.2, 0) is 12.8 Å². The Morgan fingerprint density at radius 1 is 1.36 bits per heavy atom. The predicted octanol–water partition coefficient (Wildman–Crippen LogP) is 4.22. The van der Waals surface area contributed by atoms with Gasteiger partial charge in [-0.25, -0.2) is 4.99 Å². The molecule has 3 rings (SSSR count). The van der Waals surface area contributed by atoms with E-state index in [1.807, 2.05) is 0 Å². The summed E-state index contributed by atoms with van der Waals surface area (Å²) >= 11 is 1.56. The molecule has 1 aromatic carbocycles. The van der Waals surface area contributed by atoms with E-state index in [1.54, 1.807) is 48.7 Å². The number of nitriles is 1. The zero-order valence-electron chi connectivity index (χ0n) is 14.2. The van der Waals surface area contributed by atoms with E-state index >= 15 is 0 Å². The molecule has 0 N–H and O–H groups in total. The molecule has 0 spiro atoms. The highest BCUT2D eigenvalue weighted by atomic mass is 32.1. The van der Waals surface area contributed by atoms with Gasteiger partial charge < -0.3 is 4.90 Å². The first kappa shape index (κ1) is 17.1. The SMILES string of the molecule is CN(C)c1ccc(C=Nc2sc3c(c2C#N)CCCC3)cc1[N+](=O)[O-]. The number of anilines is 1. The van der Waals surface area contributed by atoms with E-state index in [2.05, 4.69) is 11.1 Å². The standard InChI is InChI=1S/C18H18N4O2S/c1-21(2)15-8-7-12(9-16(15)22(23)24)11-20-18-14(10-19)13-5-3-4-6-17(13)25-18/h7-9,11H,3-6H2,1-2H3. The molecule has 0 fully saturated rings. The van der Waals surface area contributed by atoms with Crippen LogP contribution < -0.4 is 4.90 Å². The number of thiophene rings is 1. The van der Waals surface area contributed by atoms with Crippen LogP contribution in [0.15, 0.2) is 23.2 Å². The lowest BCUT2D eigenvalue weighted by Crippen LogP contribution is -2.11. The second-order valence-corrected chi connectivity index (χ2v) is 7.24. The van der Waals surface area contributed by atoms with E-state index < -0.39 is 4.92 Å². The van der Waals surface area contributed by atoms with E-state index in [4.69, 9.17) is 0 Å². The van der Waals surface area contributed by atoms with Crippen LogP contribution in [0.5, 0.6) is 0 Å². The minimum absolute atomic E-state index is 0.0416. The smallest absolute Gasteiger partial charge is 0.293 e. The molecule has 1 heterocycles. The van der Waals surface area contributed by atoms with E-state index in [9.17, 15) is 15.4 Å². The molecule has 0 saturated heterocycles. The van der Waals surface area contributed by atoms with Crippen LogP contribution in [0.25, 0.3) is 0 Å². The summed E-state index contributed by atoms with van der Waals surface area (Å²) < 4.78 is 0. The van der Waals surface area contributed by atoms with Gasteiger partial charge in [-0.05, 0) is 42.9 Å². The quantitative estimate of drug-likeness (QED) is 0.467. The molecule has 7 heteroatoms. The first-order valence-electron chi connectivity index (χ1n) is 8.05. The van der Waals surface area contributed by atoms with Crippen molar-refractivity contribution in [3.8, 4) is 6.07 Å². The van der Waals surface area contributed by atoms with Crippen LogP contribution in [0, 0.1) is 21.4 Å². The van der Waals surface area contributed by atoms with Gasteiger partial charge in [0.2, 0.25) is 0 Å². The summed E-state index contributed by atoms with van der Waals surface area (Å²) in [5.41, 5.74) is 3.04. The van der Waals surface area contributed by atoms with Crippen LogP contribution in [0.4, 0.5) is 16.4 Å². The third-order valence-corrected chi connectivity index (χ3v) is 5.47. The van der Waals surface area contributed by atoms with E-state index in [-0.39, 0.29) is 5.69 Å². The average Bonchev–Trinajstić information content (AvgIpc) is 2.97. The normalized spacial score (nSPS) is 13.5. The molecule has 0 aliphatic heterocycles. The van der Waals surface area contributed by atoms with Gasteiger partial charge >= 0.3 is 0 Å². The van der Waals surface area contributed by atoms with Crippen LogP contribution in [0.3, 0.4) is 0 Å². The Bertz CT molecular complexity index is 893. The fraction of sp³-hybridized carbons (Fsp3) is 0.333. The number of fused-ring (bicyclic) bond motifs is 1. The predicted molar refractivity (Wildman–Crippen MR) is 100 cm³/mol. The minimum atomic E-state index is -0.392. The Labute approximate surface area is 150 Å². The Morgan fingerprint density at radius 2 is 2.12 bits per heavy atom. The second-order valence-electron chi connectivity index (χ2n) is 6.16. The van der Waals surface area contributed by atoms with Crippen LogP contribution in [0.1, 0.15) is 34.4 Å². The molecule has 1 aromatic heterocycles. The summed E-state index contributed by atoms with van der Waals surface area (Å²) in [6.07, 6.45) is 5.81. The fourth-order valence-electron chi connectivity index (χ4n) is 3.04. The van der Waals surface area contributed by atoms with Crippen LogP contribution in [-0.4, -0.2) is 25.2 Å². The summed E-state index contributed by atoms with van der Waals surface area (Å²) in [5, 5.41) is 21.4. The van der Waals surface area contributed by atoms with Crippen molar-refractivity contribution in [1.82, 2.24) is 0 Å². The van der Waals surface area contributed by atoms with E-state index in [0.717, 1.165) is 31.2 Å². The molecule has 0 radical (unpaired) electrons. The van der Waals surface area contributed by atoms with Crippen molar-refractivity contribution in [2.24, 2.45) is 4.99 Å². The molecule has 1 aliphatic carbocycles. The summed E-state index contributed by atoms with van der Waals surface area (Å²) in [6, 6.07) is 7.30. The topological polar surface area (TPSA) is 82.5 Å². The number of nitrogens with zero attached hydrogens (tertiary/aromatic N) is 4. The van der Waals surface area contributed by atoms with E-state index in [0.29, 0.717) is 21.8 Å². The Balaban J connectivity index is 1.95. The lowest BCUT2D eigenvalue weighted by molar-refractivity contribution is -0.384. The highest BCUT2D eigenvalue weighted by Crippen LogP contribution is 2.39. The summed E-state index contributed by atoms with van der Waals surface area (Å²) in [5.74, 6) is 0. The van der Waals surface area contributed by atoms with Crippen molar-refractivity contribution in [3.05, 3.63) is 49.9 Å². The molecular weight excluding hydrogens is 336 g/mol. The van der Waals surface area contributed by atoms with Crippen molar-refractivity contribution in [1.29, 1.82) is 5.26 Å². The van der Waals surface area contributed by atoms with Crippen LogP contribution in [0.2, 0.25) is 0 Å². The summed E-state index contributed by atoms with van der Waals surface area (Å²) in [7, 11) is 3.54. The lowest BCUT2D eigenvalue weighted by atomic mass is 9.96. The van der Waals surface area contributed by atoms with Gasteiger partial charge in [0.05, 0.1) is 10.5 Å². The minimum Gasteiger partial charge on any atom is -0.372 e. The monoisotopic (exact) mass is 354 g/mol. The van der Waals surface area contributed by atoms with Crippen molar-refractivity contribution in [3.63, 3.8) is 0 Å². The summed E-state index contributed by atoms with van der Waals surface area (Å²) in [4.78, 5) is 18.3. The van der Waals surface area contributed by atoms with Gasteiger partial charge in [-0.2, -0.15) is 5.26 Å². The Kier molecular flexibility index (Phi) is 4.81. The average molecular weight is 354 g/mol. The second kappa shape index (κ2) is 7.03. The Hall–Kier alpha value is -2.72. The number of aliphatic imine (C=N–C) groups is 1. The van der Waals surface area contributed by atoms with Gasteiger partial charge in [-0.1, -0.05) is 6.07 Å². The van der Waals surface area contributed by atoms with Gasteiger partial charge in [0, 0.05) is 31.3 Å². The maximum atomic E-state index is 11.3. The number of nitro benzene ring substituents is 1. The molecule has 0 amide bonds. The number of aryl methyl sites for hydroxylation is 1. The molecule has 0 bridgehead atoms. The maximum Gasteiger partial charge on any atom is 0.293 e. The van der Waals surface area contributed by atoms with Crippen LogP contribution >= 0.6 is 11.3 Å². The highest BCUT2D eigenvalue weighted by molar-refractivity contribution is 7.16. The highest BCUT2D eigenvalue weighted by Gasteiger charge is 2.20. The first-order chi connectivity index (χ1) is 12.0. The molecule has 6 nitrogen and oxygen atoms in total. The molecule has 2 aromatic rings. The summed E-state index contributed by atoms with van der Waals surface area (Å²) in [6.45, 7) is 0. The van der Waals surface area contributed by atoms with Crippen molar-refractivity contribution >= 4 is 33.9 Å². The molecule has 0 saturated carbocycles. The fourth-order valence-corrected chi connectivity index (χ4v) is 4.22. The zero-order chi connectivity index (χ0) is 18.0. The zero-order valence-corrected chi connectivity index (χ0v) is 15.0. The first-order valence-corrected chi connectivity index (χ1v) is 8.87. The van der Waals surface area contributed by atoms with Gasteiger partial charge in [-0.3, -0.25) is 10.1 Å². The number of hydrogen-bond donors (Lipinski definition) is 0. The van der Waals surface area contributed by atoms with Gasteiger partial charge in [0.1, 0.15) is 16.8 Å².